The normalized spacial score (nSPS) is 11.4. The number of benzene rings is 1. The van der Waals surface area contributed by atoms with Crippen LogP contribution in [0.1, 0.15) is 36.7 Å². The molecular formula is C15H20N2O4. The third-order valence-corrected chi connectivity index (χ3v) is 2.82. The Labute approximate surface area is 123 Å². The molecule has 21 heavy (non-hydrogen) atoms. The Kier molecular flexibility index (Phi) is 6.39. The van der Waals surface area contributed by atoms with Crippen molar-refractivity contribution in [1.29, 1.82) is 0 Å². The molecule has 3 amide bonds. The minimum atomic E-state index is -1.05. The van der Waals surface area contributed by atoms with Crippen molar-refractivity contribution in [2.75, 3.05) is 6.54 Å². The van der Waals surface area contributed by atoms with Crippen molar-refractivity contribution in [3.63, 3.8) is 0 Å². The lowest BCUT2D eigenvalue weighted by molar-refractivity contribution is -0.127. The quantitative estimate of drug-likeness (QED) is 0.808. The molecule has 6 heteroatoms. The average Bonchev–Trinajstić information content (AvgIpc) is 2.47. The van der Waals surface area contributed by atoms with Gasteiger partial charge in [-0.2, -0.15) is 0 Å². The molecule has 0 aliphatic heterocycles. The molecule has 0 aliphatic rings. The zero-order valence-corrected chi connectivity index (χ0v) is 12.4. The Morgan fingerprint density at radius 3 is 2.29 bits per heavy atom. The molecule has 1 rings (SSSR count). The summed E-state index contributed by atoms with van der Waals surface area (Å²) in [4.78, 5) is 34.7. The van der Waals surface area contributed by atoms with Crippen LogP contribution in [-0.4, -0.2) is 30.6 Å². The van der Waals surface area contributed by atoms with E-state index in [9.17, 15) is 14.4 Å². The number of nitrogens with one attached hydrogen (secondary N) is 2. The lowest BCUT2D eigenvalue weighted by atomic mass is 10.1. The van der Waals surface area contributed by atoms with Crippen LogP contribution in [0.25, 0.3) is 0 Å². The van der Waals surface area contributed by atoms with Crippen LogP contribution in [0.2, 0.25) is 0 Å². The summed E-state index contributed by atoms with van der Waals surface area (Å²) in [6.07, 6.45) is -0.174. The highest BCUT2D eigenvalue weighted by atomic mass is 16.5. The minimum absolute atomic E-state index is 0.366. The molecule has 114 valence electrons. The zero-order valence-electron chi connectivity index (χ0n) is 12.4. The first kappa shape index (κ1) is 16.7. The first-order valence-electron chi connectivity index (χ1n) is 6.86. The van der Waals surface area contributed by atoms with E-state index >= 15 is 0 Å². The number of imide groups is 1. The molecule has 0 aliphatic carbocycles. The van der Waals surface area contributed by atoms with Crippen LogP contribution in [0.15, 0.2) is 24.3 Å². The molecule has 0 bridgehead atoms. The first-order chi connectivity index (χ1) is 9.97. The van der Waals surface area contributed by atoms with Gasteiger partial charge < -0.3 is 10.1 Å². The summed E-state index contributed by atoms with van der Waals surface area (Å²) < 4.78 is 5.02. The maximum Gasteiger partial charge on any atom is 0.338 e. The monoisotopic (exact) mass is 292 g/mol. The van der Waals surface area contributed by atoms with Gasteiger partial charge in [0.2, 0.25) is 0 Å². The topological polar surface area (TPSA) is 84.5 Å². The molecule has 1 atom stereocenters. The molecule has 0 spiro atoms. The second-order valence-electron chi connectivity index (χ2n) is 4.45. The summed E-state index contributed by atoms with van der Waals surface area (Å²) in [6.45, 7) is 5.55. The van der Waals surface area contributed by atoms with Crippen LogP contribution in [0.5, 0.6) is 0 Å². The summed E-state index contributed by atoms with van der Waals surface area (Å²) >= 11 is 0. The Morgan fingerprint density at radius 1 is 1.14 bits per heavy atom. The third kappa shape index (κ3) is 5.25. The number of amides is 3. The van der Waals surface area contributed by atoms with Crippen LogP contribution >= 0.6 is 0 Å². The van der Waals surface area contributed by atoms with Gasteiger partial charge >= 0.3 is 12.0 Å². The third-order valence-electron chi connectivity index (χ3n) is 2.82. The van der Waals surface area contributed by atoms with Gasteiger partial charge in [0.15, 0.2) is 6.10 Å². The van der Waals surface area contributed by atoms with E-state index in [2.05, 4.69) is 10.6 Å². The predicted octanol–water partition coefficient (Wildman–Crippen LogP) is 1.64. The van der Waals surface area contributed by atoms with Crippen molar-refractivity contribution in [3.8, 4) is 0 Å². The van der Waals surface area contributed by atoms with Crippen molar-refractivity contribution in [2.24, 2.45) is 0 Å². The standard InChI is InChI=1S/C15H20N2O4/c1-4-11-6-8-12(9-7-11)14(19)21-10(3)13(18)17-15(20)16-5-2/h6-10H,4-5H2,1-3H3,(H2,16,17,18,20)/t10-/m0/s1. The van der Waals surface area contributed by atoms with E-state index < -0.39 is 24.0 Å². The van der Waals surface area contributed by atoms with Gasteiger partial charge in [-0.25, -0.2) is 9.59 Å². The molecule has 0 heterocycles. The minimum Gasteiger partial charge on any atom is -0.449 e. The number of urea groups is 1. The number of ether oxygens (including phenoxy) is 1. The van der Waals surface area contributed by atoms with Crippen molar-refractivity contribution in [1.82, 2.24) is 10.6 Å². The fraction of sp³-hybridized carbons (Fsp3) is 0.400. The summed E-state index contributed by atoms with van der Waals surface area (Å²) in [7, 11) is 0. The highest BCUT2D eigenvalue weighted by Gasteiger charge is 2.20. The maximum atomic E-state index is 11.9. The summed E-state index contributed by atoms with van der Waals surface area (Å²) in [5.74, 6) is -1.27. The van der Waals surface area contributed by atoms with Crippen LogP contribution in [0.3, 0.4) is 0 Å². The highest BCUT2D eigenvalue weighted by molar-refractivity contribution is 5.98. The highest BCUT2D eigenvalue weighted by Crippen LogP contribution is 2.08. The largest absolute Gasteiger partial charge is 0.449 e. The number of carbonyl (C=O) groups is 3. The van der Waals surface area contributed by atoms with Gasteiger partial charge in [0.05, 0.1) is 5.56 Å². The van der Waals surface area contributed by atoms with E-state index in [1.165, 1.54) is 6.92 Å². The SMILES string of the molecule is CCNC(=O)NC(=O)[C@H](C)OC(=O)c1ccc(CC)cc1. The van der Waals surface area contributed by atoms with Crippen LogP contribution in [-0.2, 0) is 16.0 Å². The van der Waals surface area contributed by atoms with E-state index in [0.717, 1.165) is 12.0 Å². The molecule has 0 radical (unpaired) electrons. The lowest BCUT2D eigenvalue weighted by Gasteiger charge is -2.13. The molecule has 0 saturated heterocycles. The number of rotatable bonds is 5. The van der Waals surface area contributed by atoms with Gasteiger partial charge in [-0.05, 0) is 38.0 Å². The summed E-state index contributed by atoms with van der Waals surface area (Å²) in [6, 6.07) is 6.34. The van der Waals surface area contributed by atoms with Gasteiger partial charge in [-0.3, -0.25) is 10.1 Å². The molecule has 2 N–H and O–H groups in total. The van der Waals surface area contributed by atoms with Gasteiger partial charge in [0.25, 0.3) is 5.91 Å². The number of carbonyl (C=O) groups excluding carboxylic acids is 3. The molecule has 0 aromatic heterocycles. The first-order valence-corrected chi connectivity index (χ1v) is 6.86. The van der Waals surface area contributed by atoms with Gasteiger partial charge in [0, 0.05) is 6.54 Å². The van der Waals surface area contributed by atoms with Crippen molar-refractivity contribution >= 4 is 17.9 Å². The van der Waals surface area contributed by atoms with Crippen LogP contribution in [0, 0.1) is 0 Å². The lowest BCUT2D eigenvalue weighted by Crippen LogP contribution is -2.44. The van der Waals surface area contributed by atoms with Gasteiger partial charge in [0.1, 0.15) is 0 Å². The number of esters is 1. The van der Waals surface area contributed by atoms with Crippen molar-refractivity contribution in [2.45, 2.75) is 33.3 Å². The molecule has 1 aromatic carbocycles. The average molecular weight is 292 g/mol. The van der Waals surface area contributed by atoms with E-state index in [1.807, 2.05) is 19.1 Å². The summed E-state index contributed by atoms with van der Waals surface area (Å²) in [5.41, 5.74) is 1.47. The van der Waals surface area contributed by atoms with Crippen molar-refractivity contribution in [3.05, 3.63) is 35.4 Å². The molecule has 0 unspecified atom stereocenters. The second kappa shape index (κ2) is 8.04. The van der Waals surface area contributed by atoms with E-state index in [0.29, 0.717) is 12.1 Å². The summed E-state index contributed by atoms with van der Waals surface area (Å²) in [5, 5.41) is 4.51. The number of hydrogen-bond acceptors (Lipinski definition) is 4. The predicted molar refractivity (Wildman–Crippen MR) is 77.9 cm³/mol. The zero-order chi connectivity index (χ0) is 15.8. The molecular weight excluding hydrogens is 272 g/mol. The number of aryl methyl sites for hydroxylation is 1. The maximum absolute atomic E-state index is 11.9. The Hall–Kier alpha value is -2.37. The van der Waals surface area contributed by atoms with E-state index in [4.69, 9.17) is 4.74 Å². The van der Waals surface area contributed by atoms with Crippen molar-refractivity contribution < 1.29 is 19.1 Å². The fourth-order valence-corrected chi connectivity index (χ4v) is 1.58. The Bertz CT molecular complexity index is 511. The smallest absolute Gasteiger partial charge is 0.338 e. The molecule has 0 fully saturated rings. The van der Waals surface area contributed by atoms with E-state index in [1.54, 1.807) is 19.1 Å². The van der Waals surface area contributed by atoms with E-state index in [-0.39, 0.29) is 0 Å². The molecule has 1 aromatic rings. The molecule has 6 nitrogen and oxygen atoms in total. The van der Waals surface area contributed by atoms with Crippen LogP contribution < -0.4 is 10.6 Å². The fourth-order valence-electron chi connectivity index (χ4n) is 1.58. The van der Waals surface area contributed by atoms with Crippen LogP contribution in [0.4, 0.5) is 4.79 Å². The Balaban J connectivity index is 2.56. The van der Waals surface area contributed by atoms with Gasteiger partial charge in [-0.1, -0.05) is 19.1 Å². The molecule has 0 saturated carbocycles. The Morgan fingerprint density at radius 2 is 1.76 bits per heavy atom. The second-order valence-corrected chi connectivity index (χ2v) is 4.45. The van der Waals surface area contributed by atoms with Gasteiger partial charge in [-0.15, -0.1) is 0 Å². The number of hydrogen-bond donors (Lipinski definition) is 2.